The van der Waals surface area contributed by atoms with Crippen LogP contribution in [0.2, 0.25) is 0 Å². The molecule has 2 aliphatic carbocycles. The average molecular weight is 533 g/mol. The maximum atomic E-state index is 13.4. The van der Waals surface area contributed by atoms with Gasteiger partial charge in [-0.2, -0.15) is 0 Å². The van der Waals surface area contributed by atoms with Gasteiger partial charge in [0.2, 0.25) is 11.8 Å². The Hall–Kier alpha value is -4.01. The molecule has 2 saturated carbocycles. The van der Waals surface area contributed by atoms with E-state index < -0.39 is 30.5 Å². The Bertz CT molecular complexity index is 1230. The Morgan fingerprint density at radius 1 is 0.923 bits per heavy atom. The monoisotopic (exact) mass is 532 g/mol. The van der Waals surface area contributed by atoms with Crippen molar-refractivity contribution in [2.24, 2.45) is 23.7 Å². The van der Waals surface area contributed by atoms with E-state index in [9.17, 15) is 24.0 Å². The predicted molar refractivity (Wildman–Crippen MR) is 140 cm³/mol. The molecule has 0 aromatic heterocycles. The third-order valence-electron chi connectivity index (χ3n) is 8.00. The van der Waals surface area contributed by atoms with E-state index in [0.29, 0.717) is 24.3 Å². The first-order valence-electron chi connectivity index (χ1n) is 13.5. The van der Waals surface area contributed by atoms with Gasteiger partial charge in [-0.05, 0) is 67.3 Å². The van der Waals surface area contributed by atoms with Crippen LogP contribution in [0, 0.1) is 23.7 Å². The zero-order valence-electron chi connectivity index (χ0n) is 21.8. The van der Waals surface area contributed by atoms with E-state index in [2.05, 4.69) is 5.32 Å². The Morgan fingerprint density at radius 2 is 1.56 bits per heavy atom. The highest BCUT2D eigenvalue weighted by Gasteiger charge is 2.62. The van der Waals surface area contributed by atoms with E-state index in [4.69, 9.17) is 9.47 Å². The van der Waals surface area contributed by atoms with Gasteiger partial charge in [0.1, 0.15) is 6.04 Å². The van der Waals surface area contributed by atoms with Gasteiger partial charge in [0.15, 0.2) is 6.61 Å². The maximum Gasteiger partial charge on any atom is 0.338 e. The first-order chi connectivity index (χ1) is 18.9. The number of imide groups is 1. The minimum atomic E-state index is -1.14. The summed E-state index contributed by atoms with van der Waals surface area (Å²) in [4.78, 5) is 65.7. The molecule has 0 unspecified atom stereocenters. The van der Waals surface area contributed by atoms with Gasteiger partial charge in [-0.25, -0.2) is 9.59 Å². The third-order valence-corrected chi connectivity index (χ3v) is 8.00. The molecule has 39 heavy (non-hydrogen) atoms. The largest absolute Gasteiger partial charge is 0.462 e. The molecular weight excluding hydrogens is 500 g/mol. The van der Waals surface area contributed by atoms with Crippen LogP contribution < -0.4 is 5.32 Å². The molecule has 2 aromatic carbocycles. The van der Waals surface area contributed by atoms with Crippen LogP contribution in [-0.2, 0) is 35.1 Å². The van der Waals surface area contributed by atoms with Crippen molar-refractivity contribution in [3.63, 3.8) is 0 Å². The van der Waals surface area contributed by atoms with E-state index >= 15 is 0 Å². The van der Waals surface area contributed by atoms with E-state index in [0.717, 1.165) is 29.7 Å². The quantitative estimate of drug-likeness (QED) is 0.368. The Kier molecular flexibility index (Phi) is 7.77. The smallest absolute Gasteiger partial charge is 0.338 e. The number of esters is 2. The molecule has 1 N–H and O–H groups in total. The summed E-state index contributed by atoms with van der Waals surface area (Å²) in [6.45, 7) is 1.64. The maximum absolute atomic E-state index is 13.4. The van der Waals surface area contributed by atoms with Crippen LogP contribution in [0.1, 0.15) is 48.5 Å². The first kappa shape index (κ1) is 26.6. The van der Waals surface area contributed by atoms with Crippen molar-refractivity contribution in [2.45, 2.75) is 45.1 Å². The molecular formula is C30H32N2O7. The SMILES string of the molecule is CCCOC(=O)c1ccc(NC(=O)COC(=O)[C@H](Cc2ccccc2)N2C(=O)[C@@H]3[C@H]4CC[C@@H](C4)[C@@H]3C2=O)cc1. The van der Waals surface area contributed by atoms with Gasteiger partial charge in [-0.15, -0.1) is 0 Å². The number of hydrogen-bond donors (Lipinski definition) is 1. The second kappa shape index (κ2) is 11.4. The number of nitrogens with one attached hydrogen (secondary N) is 1. The summed E-state index contributed by atoms with van der Waals surface area (Å²) in [5.41, 5.74) is 1.55. The lowest BCUT2D eigenvalue weighted by Gasteiger charge is -2.26. The zero-order valence-corrected chi connectivity index (χ0v) is 21.8. The number of fused-ring (bicyclic) bond motifs is 5. The van der Waals surface area contributed by atoms with Gasteiger partial charge in [0.25, 0.3) is 5.91 Å². The number of ether oxygens (including phenoxy) is 2. The molecule has 9 nitrogen and oxygen atoms in total. The van der Waals surface area contributed by atoms with Crippen molar-refractivity contribution < 1.29 is 33.4 Å². The minimum absolute atomic E-state index is 0.114. The molecule has 3 amide bonds. The van der Waals surface area contributed by atoms with E-state index in [1.165, 1.54) is 12.1 Å². The fourth-order valence-corrected chi connectivity index (χ4v) is 6.25. The number of likely N-dealkylation sites (tertiary alicyclic amines) is 1. The highest BCUT2D eigenvalue weighted by molar-refractivity contribution is 6.08. The van der Waals surface area contributed by atoms with Crippen molar-refractivity contribution >= 4 is 35.3 Å². The highest BCUT2D eigenvalue weighted by Crippen LogP contribution is 2.56. The molecule has 204 valence electrons. The van der Waals surface area contributed by atoms with E-state index in [-0.39, 0.29) is 41.9 Å². The van der Waals surface area contributed by atoms with Crippen molar-refractivity contribution in [1.82, 2.24) is 4.90 Å². The molecule has 0 spiro atoms. The molecule has 2 aromatic rings. The number of rotatable bonds is 10. The lowest BCUT2D eigenvalue weighted by Crippen LogP contribution is -2.48. The Labute approximate surface area is 226 Å². The molecule has 1 heterocycles. The lowest BCUT2D eigenvalue weighted by atomic mass is 9.81. The van der Waals surface area contributed by atoms with Crippen LogP contribution in [0.15, 0.2) is 54.6 Å². The molecule has 1 aliphatic heterocycles. The third kappa shape index (κ3) is 5.44. The second-order valence-corrected chi connectivity index (χ2v) is 10.5. The Balaban J connectivity index is 1.24. The van der Waals surface area contributed by atoms with Crippen molar-refractivity contribution in [3.8, 4) is 0 Å². The number of nitrogens with zero attached hydrogens (tertiary/aromatic N) is 1. The Morgan fingerprint density at radius 3 is 2.18 bits per heavy atom. The molecule has 0 radical (unpaired) electrons. The number of anilines is 1. The second-order valence-electron chi connectivity index (χ2n) is 10.5. The lowest BCUT2D eigenvalue weighted by molar-refractivity contribution is -0.160. The topological polar surface area (TPSA) is 119 Å². The first-order valence-corrected chi connectivity index (χ1v) is 13.5. The summed E-state index contributed by atoms with van der Waals surface area (Å²) in [7, 11) is 0. The number of carbonyl (C=O) groups is 5. The van der Waals surface area contributed by atoms with Gasteiger partial charge in [-0.3, -0.25) is 19.3 Å². The van der Waals surface area contributed by atoms with Gasteiger partial charge in [0, 0.05) is 12.1 Å². The summed E-state index contributed by atoms with van der Waals surface area (Å²) in [5, 5.41) is 2.62. The molecule has 5 rings (SSSR count). The van der Waals surface area contributed by atoms with Crippen molar-refractivity contribution in [2.75, 3.05) is 18.5 Å². The number of amides is 3. The summed E-state index contributed by atoms with van der Waals surface area (Å²) in [6, 6.07) is 14.2. The van der Waals surface area contributed by atoms with Crippen molar-refractivity contribution in [3.05, 3.63) is 65.7 Å². The number of carbonyl (C=O) groups excluding carboxylic acids is 5. The van der Waals surface area contributed by atoms with E-state index in [1.807, 2.05) is 37.3 Å². The molecule has 9 heteroatoms. The van der Waals surface area contributed by atoms with Crippen LogP contribution >= 0.6 is 0 Å². The summed E-state index contributed by atoms with van der Waals surface area (Å²) < 4.78 is 10.4. The average Bonchev–Trinajstić information content (AvgIpc) is 3.64. The molecule has 3 aliphatic rings. The highest BCUT2D eigenvalue weighted by atomic mass is 16.5. The van der Waals surface area contributed by atoms with Gasteiger partial charge >= 0.3 is 11.9 Å². The normalized spacial score (nSPS) is 23.9. The molecule has 1 saturated heterocycles. The zero-order chi connectivity index (χ0) is 27.5. The number of benzene rings is 2. The van der Waals surface area contributed by atoms with E-state index in [1.54, 1.807) is 12.1 Å². The van der Waals surface area contributed by atoms with Crippen LogP contribution in [0.5, 0.6) is 0 Å². The molecule has 2 bridgehead atoms. The van der Waals surface area contributed by atoms with Gasteiger partial charge in [0.05, 0.1) is 24.0 Å². The minimum Gasteiger partial charge on any atom is -0.462 e. The molecule has 5 atom stereocenters. The fraction of sp³-hybridized carbons (Fsp3) is 0.433. The number of hydrogen-bond acceptors (Lipinski definition) is 7. The van der Waals surface area contributed by atoms with Gasteiger partial charge in [-0.1, -0.05) is 37.3 Å². The van der Waals surface area contributed by atoms with Crippen molar-refractivity contribution in [1.29, 1.82) is 0 Å². The predicted octanol–water partition coefficient (Wildman–Crippen LogP) is 3.38. The van der Waals surface area contributed by atoms with Gasteiger partial charge < -0.3 is 14.8 Å². The van der Waals surface area contributed by atoms with Crippen LogP contribution in [-0.4, -0.2) is 53.8 Å². The summed E-state index contributed by atoms with van der Waals surface area (Å²) in [5.74, 6) is -2.73. The molecule has 3 fully saturated rings. The fourth-order valence-electron chi connectivity index (χ4n) is 6.25. The summed E-state index contributed by atoms with van der Waals surface area (Å²) >= 11 is 0. The summed E-state index contributed by atoms with van der Waals surface area (Å²) in [6.07, 6.45) is 3.60. The van der Waals surface area contributed by atoms with Crippen LogP contribution in [0.4, 0.5) is 5.69 Å². The standard InChI is InChI=1S/C30H32N2O7/c1-2-14-38-29(36)19-10-12-22(13-11-19)31-24(33)17-39-30(37)23(15-18-6-4-3-5-7-18)32-27(34)25-20-8-9-21(16-20)26(25)28(32)35/h3-7,10-13,20-21,23,25-26H,2,8-9,14-17H2,1H3,(H,31,33)/t20-,21-,23-,25-,26+/m0/s1. The van der Waals surface area contributed by atoms with Crippen LogP contribution in [0.25, 0.3) is 0 Å². The van der Waals surface area contributed by atoms with Crippen LogP contribution in [0.3, 0.4) is 0 Å².